The molecular weight excluding hydrogens is 370 g/mol. The predicted octanol–water partition coefficient (Wildman–Crippen LogP) is 4.04. The largest absolute Gasteiger partial charge is 0.453 e. The third-order valence-electron chi connectivity index (χ3n) is 4.49. The molecule has 0 spiro atoms. The summed E-state index contributed by atoms with van der Waals surface area (Å²) < 4.78 is 5.13. The maximum atomic E-state index is 12.3. The van der Waals surface area contributed by atoms with Crippen LogP contribution in [-0.2, 0) is 14.3 Å². The zero-order valence-corrected chi connectivity index (χ0v) is 17.1. The van der Waals surface area contributed by atoms with Gasteiger partial charge in [-0.2, -0.15) is 0 Å². The molecule has 2 aromatic carbocycles. The Morgan fingerprint density at radius 1 is 0.966 bits per heavy atom. The van der Waals surface area contributed by atoms with E-state index in [1.165, 1.54) is 13.8 Å². The molecule has 0 aliphatic carbocycles. The Hall–Kier alpha value is -3.28. The molecule has 6 heteroatoms. The third kappa shape index (κ3) is 6.38. The van der Waals surface area contributed by atoms with Crippen molar-refractivity contribution in [1.82, 2.24) is 0 Å². The van der Waals surface area contributed by atoms with Gasteiger partial charge in [-0.15, -0.1) is 0 Å². The highest BCUT2D eigenvalue weighted by atomic mass is 16.5. The van der Waals surface area contributed by atoms with Crippen molar-refractivity contribution in [3.05, 3.63) is 64.7 Å². The SMILES string of the molecule is CC(=O)c1ccc(NC(=O)[C@H](C)OC(=O)CCC(=O)c2cc(C)ccc2C)cc1. The van der Waals surface area contributed by atoms with Crippen LogP contribution in [0.5, 0.6) is 0 Å². The monoisotopic (exact) mass is 395 g/mol. The molecule has 1 amide bonds. The second-order valence-electron chi connectivity index (χ2n) is 7.00. The number of carbonyl (C=O) groups excluding carboxylic acids is 4. The lowest BCUT2D eigenvalue weighted by atomic mass is 9.99. The van der Waals surface area contributed by atoms with E-state index < -0.39 is 18.0 Å². The molecule has 29 heavy (non-hydrogen) atoms. The summed E-state index contributed by atoms with van der Waals surface area (Å²) in [7, 11) is 0. The highest BCUT2D eigenvalue weighted by Crippen LogP contribution is 2.15. The number of anilines is 1. The highest BCUT2D eigenvalue weighted by Gasteiger charge is 2.19. The zero-order valence-electron chi connectivity index (χ0n) is 17.1. The highest BCUT2D eigenvalue weighted by molar-refractivity contribution is 5.99. The lowest BCUT2D eigenvalue weighted by molar-refractivity contribution is -0.153. The average Bonchev–Trinajstić information content (AvgIpc) is 2.68. The molecule has 6 nitrogen and oxygen atoms in total. The maximum Gasteiger partial charge on any atom is 0.307 e. The van der Waals surface area contributed by atoms with Gasteiger partial charge < -0.3 is 10.1 Å². The van der Waals surface area contributed by atoms with E-state index in [2.05, 4.69) is 5.32 Å². The van der Waals surface area contributed by atoms with Crippen LogP contribution in [0.3, 0.4) is 0 Å². The summed E-state index contributed by atoms with van der Waals surface area (Å²) in [5.74, 6) is -1.31. The van der Waals surface area contributed by atoms with E-state index in [1.54, 1.807) is 30.3 Å². The fraction of sp³-hybridized carbons (Fsp3) is 0.304. The molecule has 2 aromatic rings. The Bertz CT molecular complexity index is 931. The molecule has 0 aliphatic heterocycles. The van der Waals surface area contributed by atoms with Gasteiger partial charge in [-0.05, 0) is 63.6 Å². The predicted molar refractivity (Wildman–Crippen MR) is 110 cm³/mol. The number of ether oxygens (including phenoxy) is 1. The van der Waals surface area contributed by atoms with Crippen molar-refractivity contribution in [2.75, 3.05) is 5.32 Å². The van der Waals surface area contributed by atoms with Gasteiger partial charge in [-0.3, -0.25) is 19.2 Å². The smallest absolute Gasteiger partial charge is 0.307 e. The molecule has 152 valence electrons. The van der Waals surface area contributed by atoms with Crippen molar-refractivity contribution in [2.24, 2.45) is 0 Å². The summed E-state index contributed by atoms with van der Waals surface area (Å²) in [5, 5.41) is 2.62. The first kappa shape index (κ1) is 22.0. The quantitative estimate of drug-likeness (QED) is 0.538. The van der Waals surface area contributed by atoms with Crippen molar-refractivity contribution < 1.29 is 23.9 Å². The molecule has 0 radical (unpaired) electrons. The van der Waals surface area contributed by atoms with Gasteiger partial charge in [0.25, 0.3) is 5.91 Å². The van der Waals surface area contributed by atoms with Gasteiger partial charge in [-0.1, -0.05) is 17.7 Å². The van der Waals surface area contributed by atoms with Crippen LogP contribution in [0.4, 0.5) is 5.69 Å². The minimum atomic E-state index is -1.01. The van der Waals surface area contributed by atoms with Crippen LogP contribution in [0.2, 0.25) is 0 Å². The number of aryl methyl sites for hydroxylation is 2. The van der Waals surface area contributed by atoms with Gasteiger partial charge in [0.2, 0.25) is 0 Å². The Morgan fingerprint density at radius 3 is 2.24 bits per heavy atom. The van der Waals surface area contributed by atoms with E-state index in [0.717, 1.165) is 11.1 Å². The minimum Gasteiger partial charge on any atom is -0.453 e. The zero-order chi connectivity index (χ0) is 21.6. The summed E-state index contributed by atoms with van der Waals surface area (Å²) in [4.78, 5) is 47.8. The van der Waals surface area contributed by atoms with Crippen LogP contribution < -0.4 is 5.32 Å². The van der Waals surface area contributed by atoms with Crippen molar-refractivity contribution in [3.8, 4) is 0 Å². The first-order valence-corrected chi connectivity index (χ1v) is 9.39. The molecule has 0 fully saturated rings. The summed E-state index contributed by atoms with van der Waals surface area (Å²) in [6, 6.07) is 12.0. The lowest BCUT2D eigenvalue weighted by Crippen LogP contribution is -2.30. The Morgan fingerprint density at radius 2 is 1.62 bits per heavy atom. The van der Waals surface area contributed by atoms with Crippen LogP contribution in [0.25, 0.3) is 0 Å². The van der Waals surface area contributed by atoms with E-state index in [1.807, 2.05) is 26.0 Å². The van der Waals surface area contributed by atoms with Gasteiger partial charge in [0.1, 0.15) is 0 Å². The number of amides is 1. The molecule has 0 aliphatic rings. The first-order chi connectivity index (χ1) is 13.7. The summed E-state index contributed by atoms with van der Waals surface area (Å²) in [6.07, 6.45) is -1.09. The number of nitrogens with one attached hydrogen (secondary N) is 1. The molecule has 0 heterocycles. The average molecular weight is 395 g/mol. The Kier molecular flexibility index (Phi) is 7.42. The van der Waals surface area contributed by atoms with Crippen molar-refractivity contribution >= 4 is 29.1 Å². The van der Waals surface area contributed by atoms with Crippen LogP contribution in [-0.4, -0.2) is 29.5 Å². The van der Waals surface area contributed by atoms with Crippen LogP contribution in [0, 0.1) is 13.8 Å². The topological polar surface area (TPSA) is 89.5 Å². The van der Waals surface area contributed by atoms with Crippen molar-refractivity contribution in [1.29, 1.82) is 0 Å². The number of hydrogen-bond acceptors (Lipinski definition) is 5. The van der Waals surface area contributed by atoms with E-state index in [0.29, 0.717) is 16.8 Å². The molecule has 0 bridgehead atoms. The van der Waals surface area contributed by atoms with E-state index >= 15 is 0 Å². The summed E-state index contributed by atoms with van der Waals surface area (Å²) in [5.41, 5.74) is 3.46. The summed E-state index contributed by atoms with van der Waals surface area (Å²) in [6.45, 7) is 6.67. The Balaban J connectivity index is 1.84. The van der Waals surface area contributed by atoms with Gasteiger partial charge in [0.05, 0.1) is 6.42 Å². The standard InChI is InChI=1S/C23H25NO5/c1-14-5-6-15(2)20(13-14)21(26)11-12-22(27)29-17(4)23(28)24-19-9-7-18(8-10-19)16(3)25/h5-10,13,17H,11-12H2,1-4H3,(H,24,28)/t17-/m0/s1. The molecule has 1 atom stereocenters. The number of esters is 1. The summed E-state index contributed by atoms with van der Waals surface area (Å²) >= 11 is 0. The molecule has 1 N–H and O–H groups in total. The van der Waals surface area contributed by atoms with Gasteiger partial charge in [0, 0.05) is 23.2 Å². The van der Waals surface area contributed by atoms with Gasteiger partial charge in [0.15, 0.2) is 17.7 Å². The molecular formula is C23H25NO5. The normalized spacial score (nSPS) is 11.4. The second kappa shape index (κ2) is 9.78. The maximum absolute atomic E-state index is 12.3. The first-order valence-electron chi connectivity index (χ1n) is 9.39. The van der Waals surface area contributed by atoms with Gasteiger partial charge >= 0.3 is 5.97 Å². The Labute approximate surface area is 170 Å². The van der Waals surface area contributed by atoms with Crippen LogP contribution in [0.15, 0.2) is 42.5 Å². The van der Waals surface area contributed by atoms with Crippen molar-refractivity contribution in [3.63, 3.8) is 0 Å². The van der Waals surface area contributed by atoms with Crippen molar-refractivity contribution in [2.45, 2.75) is 46.6 Å². The molecule has 0 aromatic heterocycles. The molecule has 2 rings (SSSR count). The number of rotatable bonds is 8. The number of carbonyl (C=O) groups is 4. The number of benzene rings is 2. The van der Waals surface area contributed by atoms with E-state index in [-0.39, 0.29) is 24.4 Å². The molecule has 0 saturated carbocycles. The fourth-order valence-corrected chi connectivity index (χ4v) is 2.73. The third-order valence-corrected chi connectivity index (χ3v) is 4.49. The minimum absolute atomic E-state index is 0.0178. The molecule has 0 unspecified atom stereocenters. The molecule has 0 saturated heterocycles. The van der Waals surface area contributed by atoms with E-state index in [4.69, 9.17) is 4.74 Å². The fourth-order valence-electron chi connectivity index (χ4n) is 2.73. The number of ketones is 2. The van der Waals surface area contributed by atoms with E-state index in [9.17, 15) is 19.2 Å². The number of hydrogen-bond donors (Lipinski definition) is 1. The van der Waals surface area contributed by atoms with Gasteiger partial charge in [-0.25, -0.2) is 0 Å². The second-order valence-corrected chi connectivity index (χ2v) is 7.00. The number of Topliss-reactive ketones (excluding diaryl/α,β-unsaturated/α-hetero) is 2. The lowest BCUT2D eigenvalue weighted by Gasteiger charge is -2.14. The van der Waals surface area contributed by atoms with Crippen LogP contribution in [0.1, 0.15) is 58.5 Å². The van der Waals surface area contributed by atoms with Crippen LogP contribution >= 0.6 is 0 Å².